The Morgan fingerprint density at radius 2 is 2.19 bits per heavy atom. The Morgan fingerprint density at radius 1 is 1.43 bits per heavy atom. The maximum Gasteiger partial charge on any atom is 0.315 e. The number of benzene rings is 1. The van der Waals surface area contributed by atoms with Crippen LogP contribution in [-0.4, -0.2) is 36.5 Å². The van der Waals surface area contributed by atoms with Crippen LogP contribution in [0.3, 0.4) is 0 Å². The zero-order valence-corrected chi connectivity index (χ0v) is 12.6. The van der Waals surface area contributed by atoms with Crippen LogP contribution in [0.2, 0.25) is 0 Å². The SMILES string of the molecule is CC(C)OCCCNC(=O)N[C@@H]1c2ccccc2C[C@@H]1O. The summed E-state index contributed by atoms with van der Waals surface area (Å²) in [6.07, 6.45) is 1.01. The van der Waals surface area contributed by atoms with Crippen molar-refractivity contribution < 1.29 is 14.6 Å². The number of fused-ring (bicyclic) bond motifs is 1. The predicted molar refractivity (Wildman–Crippen MR) is 81.1 cm³/mol. The molecule has 116 valence electrons. The van der Waals surface area contributed by atoms with Crippen molar-refractivity contribution in [2.45, 2.75) is 44.9 Å². The summed E-state index contributed by atoms with van der Waals surface area (Å²) in [5.41, 5.74) is 2.10. The molecule has 2 rings (SSSR count). The minimum atomic E-state index is -0.558. The molecule has 0 saturated heterocycles. The molecule has 0 bridgehead atoms. The molecule has 5 heteroatoms. The van der Waals surface area contributed by atoms with Gasteiger partial charge >= 0.3 is 6.03 Å². The molecule has 0 aliphatic heterocycles. The number of amides is 2. The third-order valence-corrected chi connectivity index (χ3v) is 3.55. The summed E-state index contributed by atoms with van der Waals surface area (Å²) in [5.74, 6) is 0. The molecule has 0 unspecified atom stereocenters. The van der Waals surface area contributed by atoms with Gasteiger partial charge in [0.2, 0.25) is 0 Å². The van der Waals surface area contributed by atoms with E-state index in [4.69, 9.17) is 4.74 Å². The van der Waals surface area contributed by atoms with Crippen LogP contribution in [0.5, 0.6) is 0 Å². The van der Waals surface area contributed by atoms with Gasteiger partial charge < -0.3 is 20.5 Å². The van der Waals surface area contributed by atoms with E-state index < -0.39 is 6.10 Å². The minimum absolute atomic E-state index is 0.212. The molecule has 0 radical (unpaired) electrons. The van der Waals surface area contributed by atoms with E-state index in [2.05, 4.69) is 10.6 Å². The Kier molecular flexibility index (Phi) is 5.59. The lowest BCUT2D eigenvalue weighted by atomic mass is 10.1. The molecule has 1 aromatic carbocycles. The van der Waals surface area contributed by atoms with E-state index in [1.807, 2.05) is 38.1 Å². The first-order valence-corrected chi connectivity index (χ1v) is 7.49. The molecule has 0 saturated carbocycles. The minimum Gasteiger partial charge on any atom is -0.390 e. The summed E-state index contributed by atoms with van der Waals surface area (Å²) in [6.45, 7) is 5.16. The van der Waals surface area contributed by atoms with Crippen LogP contribution >= 0.6 is 0 Å². The van der Waals surface area contributed by atoms with E-state index in [0.717, 1.165) is 17.5 Å². The summed E-state index contributed by atoms with van der Waals surface area (Å²) in [5, 5.41) is 15.7. The van der Waals surface area contributed by atoms with Gasteiger partial charge in [-0.05, 0) is 31.4 Å². The number of hydrogen-bond donors (Lipinski definition) is 3. The van der Waals surface area contributed by atoms with Gasteiger partial charge in [-0.1, -0.05) is 24.3 Å². The van der Waals surface area contributed by atoms with E-state index in [0.29, 0.717) is 19.6 Å². The molecule has 2 atom stereocenters. The summed E-state index contributed by atoms with van der Waals surface area (Å²) in [6, 6.07) is 7.23. The molecule has 21 heavy (non-hydrogen) atoms. The zero-order chi connectivity index (χ0) is 15.2. The van der Waals surface area contributed by atoms with Crippen molar-refractivity contribution >= 4 is 6.03 Å². The third-order valence-electron chi connectivity index (χ3n) is 3.55. The van der Waals surface area contributed by atoms with Crippen LogP contribution in [-0.2, 0) is 11.2 Å². The number of carbonyl (C=O) groups is 1. The van der Waals surface area contributed by atoms with Gasteiger partial charge in [-0.25, -0.2) is 4.79 Å². The van der Waals surface area contributed by atoms with Gasteiger partial charge in [0, 0.05) is 19.6 Å². The average molecular weight is 292 g/mol. The van der Waals surface area contributed by atoms with E-state index in [-0.39, 0.29) is 18.2 Å². The summed E-state index contributed by atoms with van der Waals surface area (Å²) in [7, 11) is 0. The number of carbonyl (C=O) groups excluding carboxylic acids is 1. The molecule has 0 aromatic heterocycles. The maximum absolute atomic E-state index is 11.9. The molecular weight excluding hydrogens is 268 g/mol. The normalized spacial score (nSPS) is 20.4. The molecule has 0 fully saturated rings. The molecule has 2 amide bonds. The Hall–Kier alpha value is -1.59. The van der Waals surface area contributed by atoms with Crippen molar-refractivity contribution in [2.24, 2.45) is 0 Å². The van der Waals surface area contributed by atoms with Crippen molar-refractivity contribution in [3.05, 3.63) is 35.4 Å². The first-order valence-electron chi connectivity index (χ1n) is 7.49. The molecule has 0 heterocycles. The fourth-order valence-corrected chi connectivity index (χ4v) is 2.53. The smallest absolute Gasteiger partial charge is 0.315 e. The topological polar surface area (TPSA) is 70.6 Å². The lowest BCUT2D eigenvalue weighted by Crippen LogP contribution is -2.41. The first kappa shape index (κ1) is 15.8. The number of nitrogens with one attached hydrogen (secondary N) is 2. The van der Waals surface area contributed by atoms with Gasteiger partial charge in [-0.3, -0.25) is 0 Å². The van der Waals surface area contributed by atoms with Gasteiger partial charge in [0.05, 0.1) is 18.2 Å². The van der Waals surface area contributed by atoms with Crippen molar-refractivity contribution in [2.75, 3.05) is 13.2 Å². The van der Waals surface area contributed by atoms with E-state index in [9.17, 15) is 9.90 Å². The first-order chi connectivity index (χ1) is 10.1. The van der Waals surface area contributed by atoms with Crippen molar-refractivity contribution in [3.8, 4) is 0 Å². The highest BCUT2D eigenvalue weighted by atomic mass is 16.5. The molecular formula is C16H24N2O3. The third kappa shape index (κ3) is 4.44. The highest BCUT2D eigenvalue weighted by Crippen LogP contribution is 2.30. The Bertz CT molecular complexity index is 476. The number of ether oxygens (including phenoxy) is 1. The second-order valence-electron chi connectivity index (χ2n) is 5.62. The van der Waals surface area contributed by atoms with Crippen LogP contribution in [0.25, 0.3) is 0 Å². The van der Waals surface area contributed by atoms with Crippen molar-refractivity contribution in [1.29, 1.82) is 0 Å². The number of aliphatic hydroxyl groups is 1. The number of rotatable bonds is 6. The maximum atomic E-state index is 11.9. The predicted octanol–water partition coefficient (Wildman–Crippen LogP) is 1.76. The molecule has 0 spiro atoms. The quantitative estimate of drug-likeness (QED) is 0.700. The van der Waals surface area contributed by atoms with E-state index in [1.54, 1.807) is 0 Å². The highest BCUT2D eigenvalue weighted by molar-refractivity contribution is 5.74. The van der Waals surface area contributed by atoms with E-state index >= 15 is 0 Å². The van der Waals surface area contributed by atoms with Crippen LogP contribution < -0.4 is 10.6 Å². The number of aliphatic hydroxyl groups excluding tert-OH is 1. The second kappa shape index (κ2) is 7.43. The van der Waals surface area contributed by atoms with Crippen LogP contribution in [0.1, 0.15) is 37.4 Å². The van der Waals surface area contributed by atoms with Crippen molar-refractivity contribution in [1.82, 2.24) is 10.6 Å². The number of urea groups is 1. The summed E-state index contributed by atoms with van der Waals surface area (Å²) < 4.78 is 5.41. The van der Waals surface area contributed by atoms with Gasteiger partial charge in [-0.15, -0.1) is 0 Å². The lowest BCUT2D eigenvalue weighted by molar-refractivity contribution is 0.0773. The standard InChI is InChI=1S/C16H24N2O3/c1-11(2)21-9-5-8-17-16(20)18-15-13-7-4-3-6-12(13)10-14(15)19/h3-4,6-7,11,14-15,19H,5,8-10H2,1-2H3,(H2,17,18,20)/t14-,15+/m0/s1. The van der Waals surface area contributed by atoms with Crippen LogP contribution in [0.4, 0.5) is 4.79 Å². The Labute approximate surface area is 125 Å². The molecule has 5 nitrogen and oxygen atoms in total. The van der Waals surface area contributed by atoms with E-state index in [1.165, 1.54) is 0 Å². The average Bonchev–Trinajstić information content (AvgIpc) is 2.74. The van der Waals surface area contributed by atoms with Gasteiger partial charge in [-0.2, -0.15) is 0 Å². The van der Waals surface area contributed by atoms with Gasteiger partial charge in [0.1, 0.15) is 0 Å². The van der Waals surface area contributed by atoms with Gasteiger partial charge in [0.25, 0.3) is 0 Å². The van der Waals surface area contributed by atoms with Crippen molar-refractivity contribution in [3.63, 3.8) is 0 Å². The van der Waals surface area contributed by atoms with Gasteiger partial charge in [0.15, 0.2) is 0 Å². The molecule has 1 aromatic rings. The molecule has 1 aliphatic carbocycles. The lowest BCUT2D eigenvalue weighted by Gasteiger charge is -2.18. The van der Waals surface area contributed by atoms with Crippen LogP contribution in [0, 0.1) is 0 Å². The monoisotopic (exact) mass is 292 g/mol. The fraction of sp³-hybridized carbons (Fsp3) is 0.562. The van der Waals surface area contributed by atoms with Crippen LogP contribution in [0.15, 0.2) is 24.3 Å². The Balaban J connectivity index is 1.75. The fourth-order valence-electron chi connectivity index (χ4n) is 2.53. The summed E-state index contributed by atoms with van der Waals surface area (Å²) in [4.78, 5) is 11.9. The number of hydrogen-bond acceptors (Lipinski definition) is 3. The Morgan fingerprint density at radius 3 is 2.95 bits per heavy atom. The molecule has 1 aliphatic rings. The molecule has 3 N–H and O–H groups in total. The largest absolute Gasteiger partial charge is 0.390 e. The highest BCUT2D eigenvalue weighted by Gasteiger charge is 2.31. The zero-order valence-electron chi connectivity index (χ0n) is 12.6. The second-order valence-corrected chi connectivity index (χ2v) is 5.62. The summed E-state index contributed by atoms with van der Waals surface area (Å²) >= 11 is 0.